The summed E-state index contributed by atoms with van der Waals surface area (Å²) in [6.45, 7) is 4.18. The van der Waals surface area contributed by atoms with Gasteiger partial charge in [-0.25, -0.2) is 11.7 Å². The first kappa shape index (κ1) is 29.2. The van der Waals surface area contributed by atoms with Gasteiger partial charge < -0.3 is 0 Å². The third kappa shape index (κ3) is 10.9. The molecule has 31 heavy (non-hydrogen) atoms. The SMILES string of the molecule is CCCCCCC(=O)C(CCCCCCC(=O)NN)(C(=O)CCCCCC)C(=O)NN. The van der Waals surface area contributed by atoms with Crippen molar-refractivity contribution in [3.63, 3.8) is 0 Å². The minimum atomic E-state index is -1.69. The number of rotatable bonds is 20. The van der Waals surface area contributed by atoms with Crippen LogP contribution in [0.4, 0.5) is 0 Å². The Labute approximate surface area is 187 Å². The van der Waals surface area contributed by atoms with E-state index >= 15 is 0 Å². The van der Waals surface area contributed by atoms with Crippen molar-refractivity contribution in [3.8, 4) is 0 Å². The van der Waals surface area contributed by atoms with Crippen molar-refractivity contribution in [3.05, 3.63) is 0 Å². The molecule has 0 aromatic rings. The number of ketones is 2. The van der Waals surface area contributed by atoms with E-state index in [4.69, 9.17) is 11.7 Å². The fourth-order valence-electron chi connectivity index (χ4n) is 3.88. The highest BCUT2D eigenvalue weighted by Gasteiger charge is 2.49. The van der Waals surface area contributed by atoms with Gasteiger partial charge in [0.05, 0.1) is 0 Å². The van der Waals surface area contributed by atoms with Crippen molar-refractivity contribution in [2.45, 2.75) is 117 Å². The van der Waals surface area contributed by atoms with Crippen LogP contribution in [-0.4, -0.2) is 23.4 Å². The number of Topliss-reactive ketones (excluding diaryl/α,β-unsaturated/α-hetero) is 2. The van der Waals surface area contributed by atoms with Crippen molar-refractivity contribution in [2.24, 2.45) is 17.1 Å². The molecule has 0 saturated heterocycles. The molecular weight excluding hydrogens is 396 g/mol. The monoisotopic (exact) mass is 440 g/mol. The maximum Gasteiger partial charge on any atom is 0.255 e. The fraction of sp³-hybridized carbons (Fsp3) is 0.826. The van der Waals surface area contributed by atoms with Gasteiger partial charge in [-0.3, -0.25) is 30.0 Å². The number of nitrogens with one attached hydrogen (secondary N) is 2. The lowest BCUT2D eigenvalue weighted by atomic mass is 9.71. The van der Waals surface area contributed by atoms with Crippen LogP contribution in [0.3, 0.4) is 0 Å². The van der Waals surface area contributed by atoms with Crippen molar-refractivity contribution >= 4 is 23.4 Å². The van der Waals surface area contributed by atoms with E-state index < -0.39 is 11.3 Å². The summed E-state index contributed by atoms with van der Waals surface area (Å²) in [7, 11) is 0. The minimum absolute atomic E-state index is 0.165. The van der Waals surface area contributed by atoms with Crippen LogP contribution in [0.5, 0.6) is 0 Å². The molecule has 0 aliphatic carbocycles. The highest BCUT2D eigenvalue weighted by atomic mass is 16.2. The maximum atomic E-state index is 13.2. The van der Waals surface area contributed by atoms with Crippen LogP contribution in [0.2, 0.25) is 0 Å². The number of hydrogen-bond acceptors (Lipinski definition) is 6. The second-order valence-electron chi connectivity index (χ2n) is 8.33. The first-order chi connectivity index (χ1) is 14.9. The molecule has 0 radical (unpaired) electrons. The number of carbonyl (C=O) groups is 4. The molecule has 0 fully saturated rings. The van der Waals surface area contributed by atoms with Gasteiger partial charge in [-0.15, -0.1) is 0 Å². The molecule has 0 heterocycles. The van der Waals surface area contributed by atoms with Crippen LogP contribution in [0.1, 0.15) is 117 Å². The molecule has 0 bridgehead atoms. The predicted octanol–water partition coefficient (Wildman–Crippen LogP) is 3.37. The normalized spacial score (nSPS) is 11.2. The fourth-order valence-corrected chi connectivity index (χ4v) is 3.88. The lowest BCUT2D eigenvalue weighted by molar-refractivity contribution is -0.151. The molecule has 2 amide bonds. The second kappa shape index (κ2) is 17.8. The van der Waals surface area contributed by atoms with Gasteiger partial charge in [-0.05, 0) is 25.7 Å². The van der Waals surface area contributed by atoms with Gasteiger partial charge in [0.15, 0.2) is 17.0 Å². The molecule has 0 aromatic carbocycles. The summed E-state index contributed by atoms with van der Waals surface area (Å²) < 4.78 is 0. The number of carbonyl (C=O) groups excluding carboxylic acids is 4. The third-order valence-electron chi connectivity index (χ3n) is 5.85. The molecule has 0 aromatic heterocycles. The number of unbranched alkanes of at least 4 members (excludes halogenated alkanes) is 9. The van der Waals surface area contributed by atoms with Gasteiger partial charge >= 0.3 is 0 Å². The van der Waals surface area contributed by atoms with Crippen LogP contribution < -0.4 is 22.5 Å². The summed E-state index contributed by atoms with van der Waals surface area (Å²) in [4.78, 5) is 50.4. The summed E-state index contributed by atoms with van der Waals surface area (Å²) in [6, 6.07) is 0. The molecule has 6 N–H and O–H groups in total. The Kier molecular flexibility index (Phi) is 16.8. The third-order valence-corrected chi connectivity index (χ3v) is 5.85. The lowest BCUT2D eigenvalue weighted by Crippen LogP contribution is -2.54. The number of hydrazine groups is 2. The highest BCUT2D eigenvalue weighted by molar-refractivity contribution is 6.23. The molecule has 0 spiro atoms. The molecule has 0 rings (SSSR count). The number of amides is 2. The van der Waals surface area contributed by atoms with Crippen LogP contribution in [0, 0.1) is 5.41 Å². The van der Waals surface area contributed by atoms with E-state index in [1.807, 2.05) is 0 Å². The molecule has 0 aliphatic heterocycles. The lowest BCUT2D eigenvalue weighted by Gasteiger charge is -2.29. The molecule has 0 unspecified atom stereocenters. The summed E-state index contributed by atoms with van der Waals surface area (Å²) in [5, 5.41) is 0. The van der Waals surface area contributed by atoms with Crippen molar-refractivity contribution in [1.82, 2.24) is 10.9 Å². The summed E-state index contributed by atoms with van der Waals surface area (Å²) in [5.41, 5.74) is 2.50. The van der Waals surface area contributed by atoms with Gasteiger partial charge in [0.1, 0.15) is 0 Å². The topological polar surface area (TPSA) is 144 Å². The Morgan fingerprint density at radius 1 is 0.613 bits per heavy atom. The molecule has 8 nitrogen and oxygen atoms in total. The summed E-state index contributed by atoms with van der Waals surface area (Å²) in [6.07, 6.45) is 10.9. The van der Waals surface area contributed by atoms with E-state index in [9.17, 15) is 19.2 Å². The van der Waals surface area contributed by atoms with Crippen LogP contribution in [-0.2, 0) is 19.2 Å². The van der Waals surface area contributed by atoms with Crippen LogP contribution in [0.25, 0.3) is 0 Å². The van der Waals surface area contributed by atoms with E-state index in [0.29, 0.717) is 38.5 Å². The standard InChI is InChI=1S/C23H44N4O4/c1-3-5-7-11-15-19(28)23(22(31)27-25,20(29)16-12-8-6-4-2)18-14-10-9-13-17-21(30)26-24/h3-18,24-25H2,1-2H3,(H,26,30)(H,27,31). The zero-order valence-electron chi connectivity index (χ0n) is 19.6. The van der Waals surface area contributed by atoms with Gasteiger partial charge in [0, 0.05) is 19.3 Å². The Morgan fingerprint density at radius 2 is 1.06 bits per heavy atom. The van der Waals surface area contributed by atoms with Gasteiger partial charge in [0.2, 0.25) is 5.91 Å². The summed E-state index contributed by atoms with van der Waals surface area (Å²) in [5.74, 6) is 8.97. The highest BCUT2D eigenvalue weighted by Crippen LogP contribution is 2.33. The second-order valence-corrected chi connectivity index (χ2v) is 8.33. The molecule has 0 atom stereocenters. The van der Waals surface area contributed by atoms with Gasteiger partial charge in [0.25, 0.3) is 5.91 Å². The molecule has 180 valence electrons. The zero-order chi connectivity index (χ0) is 23.5. The Hall–Kier alpha value is -1.80. The zero-order valence-corrected chi connectivity index (χ0v) is 19.6. The Balaban J connectivity index is 5.20. The largest absolute Gasteiger partial charge is 0.298 e. The van der Waals surface area contributed by atoms with E-state index in [-0.39, 0.29) is 36.7 Å². The maximum absolute atomic E-state index is 13.2. The molecule has 8 heteroatoms. The molecule has 0 aliphatic rings. The average molecular weight is 441 g/mol. The number of nitrogens with two attached hydrogens (primary N) is 2. The quantitative estimate of drug-likeness (QED) is 0.0751. The van der Waals surface area contributed by atoms with Gasteiger partial charge in [-0.1, -0.05) is 71.6 Å². The van der Waals surface area contributed by atoms with Crippen molar-refractivity contribution in [1.29, 1.82) is 0 Å². The minimum Gasteiger partial charge on any atom is -0.298 e. The van der Waals surface area contributed by atoms with E-state index in [0.717, 1.165) is 44.9 Å². The smallest absolute Gasteiger partial charge is 0.255 e. The van der Waals surface area contributed by atoms with Crippen LogP contribution in [0.15, 0.2) is 0 Å². The number of hydrogen-bond donors (Lipinski definition) is 4. The Bertz CT molecular complexity index is 528. The first-order valence-corrected chi connectivity index (χ1v) is 12.0. The first-order valence-electron chi connectivity index (χ1n) is 12.0. The van der Waals surface area contributed by atoms with E-state index in [1.54, 1.807) is 0 Å². The summed E-state index contributed by atoms with van der Waals surface area (Å²) >= 11 is 0. The van der Waals surface area contributed by atoms with E-state index in [1.165, 1.54) is 0 Å². The van der Waals surface area contributed by atoms with Crippen LogP contribution >= 0.6 is 0 Å². The predicted molar refractivity (Wildman–Crippen MR) is 122 cm³/mol. The van der Waals surface area contributed by atoms with E-state index in [2.05, 4.69) is 24.7 Å². The molecule has 0 saturated carbocycles. The van der Waals surface area contributed by atoms with Crippen molar-refractivity contribution in [2.75, 3.05) is 0 Å². The molecular formula is C23H44N4O4. The van der Waals surface area contributed by atoms with Gasteiger partial charge in [-0.2, -0.15) is 0 Å². The Morgan fingerprint density at radius 3 is 1.52 bits per heavy atom. The van der Waals surface area contributed by atoms with Crippen molar-refractivity contribution < 1.29 is 19.2 Å². The average Bonchev–Trinajstić information content (AvgIpc) is 2.78.